The van der Waals surface area contributed by atoms with Gasteiger partial charge in [-0.3, -0.25) is 0 Å². The van der Waals surface area contributed by atoms with Gasteiger partial charge in [-0.15, -0.1) is 0 Å². The molecule has 25 heavy (non-hydrogen) atoms. The summed E-state index contributed by atoms with van der Waals surface area (Å²) in [5.41, 5.74) is 0.432. The van der Waals surface area contributed by atoms with E-state index in [9.17, 15) is 9.18 Å². The van der Waals surface area contributed by atoms with Gasteiger partial charge >= 0.3 is 6.03 Å². The van der Waals surface area contributed by atoms with Crippen molar-refractivity contribution in [2.75, 3.05) is 32.8 Å². The standard InChI is InChI=1S/C19H26FN3O2/c20-16-3-1-2-15(12-16)19(14-6-10-25-11-7-14)13-22-18(24)23(19)17-4-8-21-9-5-17/h1-3,12,14,17,21H,4-11,13H2,(H,22,24)/t19-/m1/s1. The first kappa shape index (κ1) is 16.8. The van der Waals surface area contributed by atoms with E-state index in [4.69, 9.17) is 4.74 Å². The molecule has 0 saturated carbocycles. The summed E-state index contributed by atoms with van der Waals surface area (Å²) in [6.45, 7) is 3.79. The lowest BCUT2D eigenvalue weighted by molar-refractivity contribution is -0.0153. The molecule has 3 aliphatic heterocycles. The third kappa shape index (κ3) is 2.91. The molecule has 0 bridgehead atoms. The summed E-state index contributed by atoms with van der Waals surface area (Å²) in [6, 6.07) is 7.00. The molecular formula is C19H26FN3O2. The van der Waals surface area contributed by atoms with Crippen LogP contribution in [0, 0.1) is 11.7 Å². The number of carbonyl (C=O) groups is 1. The third-order valence-electron chi connectivity index (χ3n) is 6.05. The number of urea groups is 1. The summed E-state index contributed by atoms with van der Waals surface area (Å²) in [4.78, 5) is 14.9. The third-order valence-corrected chi connectivity index (χ3v) is 6.05. The predicted molar refractivity (Wildman–Crippen MR) is 92.8 cm³/mol. The van der Waals surface area contributed by atoms with E-state index in [-0.39, 0.29) is 23.8 Å². The fourth-order valence-electron chi connectivity index (χ4n) is 4.87. The van der Waals surface area contributed by atoms with E-state index in [1.54, 1.807) is 12.1 Å². The van der Waals surface area contributed by atoms with Crippen molar-refractivity contribution in [2.24, 2.45) is 5.92 Å². The molecule has 0 aromatic heterocycles. The SMILES string of the molecule is O=C1NC[C@](c2cccc(F)c2)(C2CCOCC2)N1C1CCNCC1. The number of halogens is 1. The van der Waals surface area contributed by atoms with Gasteiger partial charge in [0.2, 0.25) is 0 Å². The maximum atomic E-state index is 14.1. The lowest BCUT2D eigenvalue weighted by Gasteiger charge is -2.49. The lowest BCUT2D eigenvalue weighted by atomic mass is 9.72. The summed E-state index contributed by atoms with van der Waals surface area (Å²) in [6.07, 6.45) is 3.67. The molecule has 3 fully saturated rings. The largest absolute Gasteiger partial charge is 0.381 e. The highest BCUT2D eigenvalue weighted by Gasteiger charge is 2.54. The molecule has 0 spiro atoms. The zero-order valence-electron chi connectivity index (χ0n) is 14.5. The second-order valence-electron chi connectivity index (χ2n) is 7.33. The van der Waals surface area contributed by atoms with Crippen molar-refractivity contribution in [1.82, 2.24) is 15.5 Å². The molecule has 3 aliphatic rings. The summed E-state index contributed by atoms with van der Waals surface area (Å²) in [7, 11) is 0. The number of nitrogens with zero attached hydrogens (tertiary/aromatic N) is 1. The minimum Gasteiger partial charge on any atom is -0.381 e. The van der Waals surface area contributed by atoms with Gasteiger partial charge in [0.05, 0.1) is 5.54 Å². The second kappa shape index (κ2) is 6.92. The average Bonchev–Trinajstić information content (AvgIpc) is 3.01. The fraction of sp³-hybridized carbons (Fsp3) is 0.632. The predicted octanol–water partition coefficient (Wildman–Crippen LogP) is 2.22. The van der Waals surface area contributed by atoms with Crippen LogP contribution >= 0.6 is 0 Å². The van der Waals surface area contributed by atoms with Crippen LogP contribution in [0.4, 0.5) is 9.18 Å². The Morgan fingerprint density at radius 3 is 2.64 bits per heavy atom. The monoisotopic (exact) mass is 347 g/mol. The smallest absolute Gasteiger partial charge is 0.318 e. The first-order valence-electron chi connectivity index (χ1n) is 9.33. The Morgan fingerprint density at radius 1 is 1.16 bits per heavy atom. The number of benzene rings is 1. The Labute approximate surface area is 147 Å². The van der Waals surface area contributed by atoms with Crippen molar-refractivity contribution in [3.05, 3.63) is 35.6 Å². The second-order valence-corrected chi connectivity index (χ2v) is 7.33. The van der Waals surface area contributed by atoms with Crippen LogP contribution in [-0.4, -0.2) is 49.8 Å². The van der Waals surface area contributed by atoms with Gasteiger partial charge in [0.25, 0.3) is 0 Å². The molecular weight excluding hydrogens is 321 g/mol. The number of carbonyl (C=O) groups excluding carboxylic acids is 1. The maximum Gasteiger partial charge on any atom is 0.318 e. The topological polar surface area (TPSA) is 53.6 Å². The van der Waals surface area contributed by atoms with E-state index < -0.39 is 5.54 Å². The number of hydrogen-bond donors (Lipinski definition) is 2. The summed E-state index contributed by atoms with van der Waals surface area (Å²) in [5, 5.41) is 6.45. The van der Waals surface area contributed by atoms with E-state index in [1.807, 2.05) is 6.07 Å². The average molecular weight is 347 g/mol. The Balaban J connectivity index is 1.79. The van der Waals surface area contributed by atoms with Gasteiger partial charge in [-0.05, 0) is 62.4 Å². The molecule has 0 radical (unpaired) electrons. The first-order chi connectivity index (χ1) is 12.2. The van der Waals surface area contributed by atoms with Crippen LogP contribution in [0.2, 0.25) is 0 Å². The molecule has 6 heteroatoms. The van der Waals surface area contributed by atoms with Crippen LogP contribution in [0.25, 0.3) is 0 Å². The van der Waals surface area contributed by atoms with Crippen molar-refractivity contribution in [3.63, 3.8) is 0 Å². The maximum absolute atomic E-state index is 14.1. The number of ether oxygens (including phenoxy) is 1. The molecule has 2 N–H and O–H groups in total. The van der Waals surface area contributed by atoms with Crippen LogP contribution in [0.5, 0.6) is 0 Å². The van der Waals surface area contributed by atoms with Crippen LogP contribution in [-0.2, 0) is 10.3 Å². The number of piperidine rings is 1. The van der Waals surface area contributed by atoms with E-state index in [2.05, 4.69) is 15.5 Å². The van der Waals surface area contributed by atoms with Crippen molar-refractivity contribution in [3.8, 4) is 0 Å². The normalized spacial score (nSPS) is 29.0. The Bertz CT molecular complexity index is 629. The van der Waals surface area contributed by atoms with Crippen molar-refractivity contribution >= 4 is 6.03 Å². The van der Waals surface area contributed by atoms with E-state index in [0.29, 0.717) is 19.8 Å². The number of amides is 2. The molecule has 0 aliphatic carbocycles. The molecule has 3 heterocycles. The van der Waals surface area contributed by atoms with Crippen molar-refractivity contribution in [1.29, 1.82) is 0 Å². The highest BCUT2D eigenvalue weighted by molar-refractivity contribution is 5.79. The molecule has 0 unspecified atom stereocenters. The van der Waals surface area contributed by atoms with Gasteiger partial charge in [0.15, 0.2) is 0 Å². The summed E-state index contributed by atoms with van der Waals surface area (Å²) < 4.78 is 19.6. The van der Waals surface area contributed by atoms with Gasteiger partial charge in [0, 0.05) is 25.8 Å². The van der Waals surface area contributed by atoms with Gasteiger partial charge < -0.3 is 20.3 Å². The molecule has 1 aromatic rings. The van der Waals surface area contributed by atoms with Gasteiger partial charge in [-0.2, -0.15) is 0 Å². The zero-order valence-corrected chi connectivity index (χ0v) is 14.5. The van der Waals surface area contributed by atoms with E-state index in [0.717, 1.165) is 44.3 Å². The molecule has 5 nitrogen and oxygen atoms in total. The van der Waals surface area contributed by atoms with Crippen LogP contribution in [0.3, 0.4) is 0 Å². The molecule has 1 aromatic carbocycles. The quantitative estimate of drug-likeness (QED) is 0.882. The minimum absolute atomic E-state index is 0.0114. The fourth-order valence-corrected chi connectivity index (χ4v) is 4.87. The lowest BCUT2D eigenvalue weighted by Crippen LogP contribution is -2.57. The highest BCUT2D eigenvalue weighted by Crippen LogP contribution is 2.45. The Hall–Kier alpha value is -1.66. The summed E-state index contributed by atoms with van der Waals surface area (Å²) >= 11 is 0. The highest BCUT2D eigenvalue weighted by atomic mass is 19.1. The zero-order chi connectivity index (χ0) is 17.3. The Morgan fingerprint density at radius 2 is 1.92 bits per heavy atom. The first-order valence-corrected chi connectivity index (χ1v) is 9.33. The molecule has 2 amide bonds. The van der Waals surface area contributed by atoms with E-state index >= 15 is 0 Å². The van der Waals surface area contributed by atoms with Crippen LogP contribution in [0.1, 0.15) is 31.2 Å². The van der Waals surface area contributed by atoms with Gasteiger partial charge in [-0.1, -0.05) is 12.1 Å². The minimum atomic E-state index is -0.481. The van der Waals surface area contributed by atoms with Crippen LogP contribution in [0.15, 0.2) is 24.3 Å². The van der Waals surface area contributed by atoms with Gasteiger partial charge in [0.1, 0.15) is 5.82 Å². The molecule has 3 saturated heterocycles. The number of nitrogens with one attached hydrogen (secondary N) is 2. The summed E-state index contributed by atoms with van der Waals surface area (Å²) in [5.74, 6) is 0.0328. The molecule has 136 valence electrons. The van der Waals surface area contributed by atoms with E-state index in [1.165, 1.54) is 6.07 Å². The van der Waals surface area contributed by atoms with Crippen molar-refractivity contribution in [2.45, 2.75) is 37.3 Å². The molecule has 4 rings (SSSR count). The van der Waals surface area contributed by atoms with Crippen molar-refractivity contribution < 1.29 is 13.9 Å². The Kier molecular flexibility index (Phi) is 4.65. The number of hydrogen-bond acceptors (Lipinski definition) is 3. The molecule has 1 atom stereocenters. The number of rotatable bonds is 3. The van der Waals surface area contributed by atoms with Gasteiger partial charge in [-0.25, -0.2) is 9.18 Å². The van der Waals surface area contributed by atoms with Crippen LogP contribution < -0.4 is 10.6 Å².